The van der Waals surface area contributed by atoms with Crippen molar-refractivity contribution in [3.05, 3.63) is 53.2 Å². The van der Waals surface area contributed by atoms with Gasteiger partial charge in [-0.15, -0.1) is 0 Å². The highest BCUT2D eigenvalue weighted by Crippen LogP contribution is 2.28. The fourth-order valence-corrected chi connectivity index (χ4v) is 3.94. The van der Waals surface area contributed by atoms with Crippen LogP contribution in [0.5, 0.6) is 0 Å². The molecular formula is C24H31N3. The molecule has 0 radical (unpaired) electrons. The van der Waals surface area contributed by atoms with Crippen LogP contribution in [-0.2, 0) is 6.54 Å². The van der Waals surface area contributed by atoms with E-state index in [-0.39, 0.29) is 0 Å². The topological polar surface area (TPSA) is 39.9 Å². The van der Waals surface area contributed by atoms with E-state index in [1.807, 2.05) is 18.3 Å². The number of nitrogens with zero attached hydrogens (tertiary/aromatic N) is 3. The van der Waals surface area contributed by atoms with Crippen LogP contribution < -0.4 is 0 Å². The van der Waals surface area contributed by atoms with Crippen LogP contribution in [0.4, 0.5) is 0 Å². The zero-order valence-electron chi connectivity index (χ0n) is 17.1. The Morgan fingerprint density at radius 3 is 2.41 bits per heavy atom. The first-order chi connectivity index (χ1) is 13.0. The predicted octanol–water partition coefficient (Wildman–Crippen LogP) is 5.61. The van der Waals surface area contributed by atoms with Crippen LogP contribution in [0.25, 0.3) is 11.3 Å². The first kappa shape index (κ1) is 19.6. The molecule has 0 bridgehead atoms. The number of nitriles is 1. The Morgan fingerprint density at radius 1 is 1.11 bits per heavy atom. The number of rotatable bonds is 5. The highest BCUT2D eigenvalue weighted by molar-refractivity contribution is 5.68. The number of pyridine rings is 1. The third-order valence-electron chi connectivity index (χ3n) is 5.91. The lowest BCUT2D eigenvalue weighted by atomic mass is 9.86. The lowest BCUT2D eigenvalue weighted by molar-refractivity contribution is 0.152. The summed E-state index contributed by atoms with van der Waals surface area (Å²) in [6.45, 7) is 12.3. The molecule has 0 N–H and O–H groups in total. The van der Waals surface area contributed by atoms with Gasteiger partial charge in [0.05, 0.1) is 17.3 Å². The smallest absolute Gasteiger partial charge is 0.0998 e. The molecule has 0 spiro atoms. The first-order valence-electron chi connectivity index (χ1n) is 10.2. The van der Waals surface area contributed by atoms with Crippen molar-refractivity contribution in [1.29, 1.82) is 5.26 Å². The number of hydrogen-bond acceptors (Lipinski definition) is 3. The average molecular weight is 362 g/mol. The van der Waals surface area contributed by atoms with Crippen LogP contribution >= 0.6 is 0 Å². The van der Waals surface area contributed by atoms with Crippen LogP contribution in [-0.4, -0.2) is 23.0 Å². The molecule has 142 valence electrons. The molecule has 0 unspecified atom stereocenters. The average Bonchev–Trinajstić information content (AvgIpc) is 2.68. The lowest BCUT2D eigenvalue weighted by Crippen LogP contribution is -2.34. The molecule has 1 fully saturated rings. The summed E-state index contributed by atoms with van der Waals surface area (Å²) in [7, 11) is 0. The van der Waals surface area contributed by atoms with Crippen molar-refractivity contribution in [3.8, 4) is 17.3 Å². The Balaban J connectivity index is 1.71. The van der Waals surface area contributed by atoms with E-state index in [2.05, 4.69) is 61.8 Å². The van der Waals surface area contributed by atoms with Gasteiger partial charge in [-0.25, -0.2) is 0 Å². The van der Waals surface area contributed by atoms with Crippen molar-refractivity contribution in [2.75, 3.05) is 13.1 Å². The van der Waals surface area contributed by atoms with Gasteiger partial charge in [0.25, 0.3) is 0 Å². The molecule has 3 nitrogen and oxygen atoms in total. The second-order valence-corrected chi connectivity index (χ2v) is 8.48. The highest BCUT2D eigenvalue weighted by Gasteiger charge is 2.21. The number of hydrogen-bond donors (Lipinski definition) is 0. The van der Waals surface area contributed by atoms with E-state index < -0.39 is 0 Å². The fraction of sp³-hybridized carbons (Fsp3) is 0.500. The van der Waals surface area contributed by atoms with Crippen molar-refractivity contribution in [3.63, 3.8) is 0 Å². The second kappa shape index (κ2) is 8.67. The maximum absolute atomic E-state index is 9.46. The molecule has 1 aliphatic rings. The zero-order valence-corrected chi connectivity index (χ0v) is 17.1. The predicted molar refractivity (Wildman–Crippen MR) is 111 cm³/mol. The van der Waals surface area contributed by atoms with Gasteiger partial charge in [-0.05, 0) is 73.0 Å². The van der Waals surface area contributed by atoms with E-state index in [1.54, 1.807) is 0 Å². The standard InChI is InChI=1S/C24H31N3/c1-17(2)20-9-11-27(12-10-20)16-19-5-8-24(26-15-19)23-13-21(18(3)4)6-7-22(23)14-25/h5-8,13,15,17-18,20H,9-12,16H2,1-4H3. The summed E-state index contributed by atoms with van der Waals surface area (Å²) in [5.74, 6) is 2.10. The first-order valence-corrected chi connectivity index (χ1v) is 10.2. The fourth-order valence-electron chi connectivity index (χ4n) is 3.94. The number of benzene rings is 1. The molecule has 2 aromatic rings. The molecule has 1 aromatic carbocycles. The summed E-state index contributed by atoms with van der Waals surface area (Å²) in [5, 5.41) is 9.46. The zero-order chi connectivity index (χ0) is 19.4. The van der Waals surface area contributed by atoms with Gasteiger partial charge >= 0.3 is 0 Å². The molecule has 0 saturated carbocycles. The minimum atomic E-state index is 0.435. The van der Waals surface area contributed by atoms with Crippen molar-refractivity contribution in [2.45, 2.75) is 53.0 Å². The van der Waals surface area contributed by atoms with Crippen LogP contribution in [0.2, 0.25) is 0 Å². The van der Waals surface area contributed by atoms with Crippen LogP contribution in [0.1, 0.15) is 63.1 Å². The molecule has 0 amide bonds. The third kappa shape index (κ3) is 4.76. The molecule has 1 aliphatic heterocycles. The van der Waals surface area contributed by atoms with Crippen molar-refractivity contribution in [1.82, 2.24) is 9.88 Å². The van der Waals surface area contributed by atoms with Gasteiger partial charge < -0.3 is 0 Å². The molecule has 0 aliphatic carbocycles. The van der Waals surface area contributed by atoms with Gasteiger partial charge in [0.1, 0.15) is 0 Å². The van der Waals surface area contributed by atoms with Crippen molar-refractivity contribution >= 4 is 0 Å². The van der Waals surface area contributed by atoms with Gasteiger partial charge in [0.2, 0.25) is 0 Å². The van der Waals surface area contributed by atoms with Gasteiger partial charge in [0.15, 0.2) is 0 Å². The third-order valence-corrected chi connectivity index (χ3v) is 5.91. The molecule has 27 heavy (non-hydrogen) atoms. The molecule has 1 saturated heterocycles. The minimum absolute atomic E-state index is 0.435. The van der Waals surface area contributed by atoms with Crippen LogP contribution in [0, 0.1) is 23.2 Å². The van der Waals surface area contributed by atoms with E-state index in [0.29, 0.717) is 11.5 Å². The van der Waals surface area contributed by atoms with Gasteiger partial charge in [-0.1, -0.05) is 39.8 Å². The van der Waals surface area contributed by atoms with E-state index in [4.69, 9.17) is 0 Å². The monoisotopic (exact) mass is 361 g/mol. The van der Waals surface area contributed by atoms with Gasteiger partial charge in [0, 0.05) is 18.3 Å². The Bertz CT molecular complexity index is 791. The van der Waals surface area contributed by atoms with Gasteiger partial charge in [-0.3, -0.25) is 9.88 Å². The summed E-state index contributed by atoms with van der Waals surface area (Å²) >= 11 is 0. The van der Waals surface area contributed by atoms with E-state index in [1.165, 1.54) is 37.1 Å². The quantitative estimate of drug-likeness (QED) is 0.695. The molecule has 3 heteroatoms. The van der Waals surface area contributed by atoms with Crippen LogP contribution in [0.3, 0.4) is 0 Å². The number of piperidine rings is 1. The second-order valence-electron chi connectivity index (χ2n) is 8.48. The van der Waals surface area contributed by atoms with Crippen molar-refractivity contribution < 1.29 is 0 Å². The lowest BCUT2D eigenvalue weighted by Gasteiger charge is -2.33. The summed E-state index contributed by atoms with van der Waals surface area (Å²) in [4.78, 5) is 7.23. The number of aromatic nitrogens is 1. The Labute approximate surface area is 164 Å². The Kier molecular flexibility index (Phi) is 6.29. The van der Waals surface area contributed by atoms with Crippen molar-refractivity contribution in [2.24, 2.45) is 11.8 Å². The summed E-state index contributed by atoms with van der Waals surface area (Å²) in [6, 6.07) is 12.6. The minimum Gasteiger partial charge on any atom is -0.299 e. The summed E-state index contributed by atoms with van der Waals surface area (Å²) < 4.78 is 0. The Morgan fingerprint density at radius 2 is 1.85 bits per heavy atom. The SMILES string of the molecule is CC(C)c1ccc(C#N)c(-c2ccc(CN3CCC(C(C)C)CC3)cn2)c1. The highest BCUT2D eigenvalue weighted by atomic mass is 15.1. The molecular weight excluding hydrogens is 330 g/mol. The largest absolute Gasteiger partial charge is 0.299 e. The molecule has 3 rings (SSSR count). The van der Waals surface area contributed by atoms with Gasteiger partial charge in [-0.2, -0.15) is 5.26 Å². The maximum atomic E-state index is 9.46. The molecule has 1 aromatic heterocycles. The maximum Gasteiger partial charge on any atom is 0.0998 e. The van der Waals surface area contributed by atoms with E-state index in [9.17, 15) is 5.26 Å². The molecule has 2 heterocycles. The summed E-state index contributed by atoms with van der Waals surface area (Å²) in [5.41, 5.74) is 5.00. The Hall–Kier alpha value is -2.18. The summed E-state index contributed by atoms with van der Waals surface area (Å²) in [6.07, 6.45) is 4.58. The normalized spacial score (nSPS) is 16.0. The molecule has 0 atom stereocenters. The van der Waals surface area contributed by atoms with E-state index in [0.717, 1.165) is 29.6 Å². The van der Waals surface area contributed by atoms with E-state index >= 15 is 0 Å². The van der Waals surface area contributed by atoms with Crippen LogP contribution in [0.15, 0.2) is 36.5 Å². The number of likely N-dealkylation sites (tertiary alicyclic amines) is 1.